The fourth-order valence-corrected chi connectivity index (χ4v) is 5.72. The van der Waals surface area contributed by atoms with Crippen LogP contribution in [0.25, 0.3) is 0 Å². The van der Waals surface area contributed by atoms with Gasteiger partial charge in [0.2, 0.25) is 0 Å². The van der Waals surface area contributed by atoms with Crippen molar-refractivity contribution < 1.29 is 4.39 Å². The topological polar surface area (TPSA) is 12.0 Å². The number of benzene rings is 1. The van der Waals surface area contributed by atoms with Gasteiger partial charge in [0, 0.05) is 6.04 Å². The summed E-state index contributed by atoms with van der Waals surface area (Å²) in [5.41, 5.74) is 1.26. The molecular formula is C18H23BrFN. The van der Waals surface area contributed by atoms with Gasteiger partial charge in [-0.3, -0.25) is 0 Å². The summed E-state index contributed by atoms with van der Waals surface area (Å²) in [5, 5.41) is 3.75. The second-order valence-corrected chi connectivity index (χ2v) is 8.02. The molecule has 2 bridgehead atoms. The van der Waals surface area contributed by atoms with Crippen molar-refractivity contribution >= 4 is 15.9 Å². The average molecular weight is 352 g/mol. The zero-order chi connectivity index (χ0) is 14.6. The second-order valence-electron chi connectivity index (χ2n) is 7.17. The van der Waals surface area contributed by atoms with Crippen molar-refractivity contribution in [3.05, 3.63) is 34.1 Å². The molecule has 21 heavy (non-hydrogen) atoms. The second kappa shape index (κ2) is 5.34. The van der Waals surface area contributed by atoms with Crippen LogP contribution in [0.3, 0.4) is 0 Å². The highest BCUT2D eigenvalue weighted by Crippen LogP contribution is 2.72. The summed E-state index contributed by atoms with van der Waals surface area (Å²) in [7, 11) is 0. The normalized spacial score (nSPS) is 37.6. The van der Waals surface area contributed by atoms with E-state index in [4.69, 9.17) is 0 Å². The molecular weight excluding hydrogens is 329 g/mol. The lowest BCUT2D eigenvalue weighted by Crippen LogP contribution is -2.26. The van der Waals surface area contributed by atoms with Gasteiger partial charge in [-0.1, -0.05) is 13.0 Å². The minimum atomic E-state index is -0.163. The molecule has 0 amide bonds. The fraction of sp³-hybridized carbons (Fsp3) is 0.667. The first-order valence-electron chi connectivity index (χ1n) is 8.39. The minimum Gasteiger partial charge on any atom is -0.310 e. The van der Waals surface area contributed by atoms with Crippen LogP contribution in [0, 0.1) is 35.4 Å². The van der Waals surface area contributed by atoms with E-state index in [9.17, 15) is 4.39 Å². The van der Waals surface area contributed by atoms with E-state index in [0.717, 1.165) is 42.6 Å². The maximum absolute atomic E-state index is 13.5. The molecule has 3 aliphatic carbocycles. The number of fused-ring (bicyclic) bond motifs is 5. The first-order chi connectivity index (χ1) is 10.2. The SMILES string of the molecule is CCCNC(c1ccc(F)c(Br)c1)C1C2C3CCC(C3)C21. The molecule has 0 radical (unpaired) electrons. The van der Waals surface area contributed by atoms with E-state index >= 15 is 0 Å². The molecule has 1 N–H and O–H groups in total. The van der Waals surface area contributed by atoms with E-state index in [-0.39, 0.29) is 5.82 Å². The van der Waals surface area contributed by atoms with Crippen molar-refractivity contribution in [3.63, 3.8) is 0 Å². The Kier molecular flexibility index (Phi) is 3.61. The van der Waals surface area contributed by atoms with E-state index in [1.807, 2.05) is 12.1 Å². The Morgan fingerprint density at radius 2 is 2.00 bits per heavy atom. The van der Waals surface area contributed by atoms with Crippen LogP contribution in [-0.2, 0) is 0 Å². The molecule has 1 aromatic carbocycles. The number of rotatable bonds is 5. The first-order valence-corrected chi connectivity index (χ1v) is 9.18. The molecule has 4 rings (SSSR count). The Morgan fingerprint density at radius 3 is 2.62 bits per heavy atom. The largest absolute Gasteiger partial charge is 0.310 e. The standard InChI is InChI=1S/C18H23BrFN/c1-2-7-21-18(12-5-6-14(20)13(19)9-12)17-15-10-3-4-11(8-10)16(15)17/h5-6,9-11,15-18,21H,2-4,7-8H2,1H3. The maximum Gasteiger partial charge on any atom is 0.137 e. The summed E-state index contributed by atoms with van der Waals surface area (Å²) in [6.45, 7) is 3.26. The van der Waals surface area contributed by atoms with E-state index in [2.05, 4.69) is 28.2 Å². The van der Waals surface area contributed by atoms with Crippen molar-refractivity contribution in [2.75, 3.05) is 6.54 Å². The Balaban J connectivity index is 1.59. The van der Waals surface area contributed by atoms with Crippen LogP contribution in [0.1, 0.15) is 44.2 Å². The van der Waals surface area contributed by atoms with Gasteiger partial charge in [0.1, 0.15) is 5.82 Å². The van der Waals surface area contributed by atoms with Gasteiger partial charge in [0.25, 0.3) is 0 Å². The van der Waals surface area contributed by atoms with E-state index in [1.165, 1.54) is 24.8 Å². The molecule has 5 unspecified atom stereocenters. The van der Waals surface area contributed by atoms with Crippen molar-refractivity contribution in [1.82, 2.24) is 5.32 Å². The molecule has 0 heterocycles. The molecule has 0 saturated heterocycles. The minimum absolute atomic E-state index is 0.163. The van der Waals surface area contributed by atoms with Gasteiger partial charge in [-0.2, -0.15) is 0 Å². The molecule has 0 aliphatic heterocycles. The van der Waals surface area contributed by atoms with E-state index in [0.29, 0.717) is 10.5 Å². The summed E-state index contributed by atoms with van der Waals surface area (Å²) < 4.78 is 14.1. The number of hydrogen-bond acceptors (Lipinski definition) is 1. The zero-order valence-electron chi connectivity index (χ0n) is 12.5. The molecule has 0 aromatic heterocycles. The summed E-state index contributed by atoms with van der Waals surface area (Å²) in [5.74, 6) is 4.49. The van der Waals surface area contributed by atoms with Gasteiger partial charge in [-0.25, -0.2) is 4.39 Å². The van der Waals surface area contributed by atoms with Crippen LogP contribution >= 0.6 is 15.9 Å². The molecule has 3 fully saturated rings. The fourth-order valence-electron chi connectivity index (χ4n) is 5.32. The lowest BCUT2D eigenvalue weighted by molar-refractivity contribution is 0.370. The molecule has 114 valence electrons. The van der Waals surface area contributed by atoms with Crippen molar-refractivity contribution in [3.8, 4) is 0 Å². The summed E-state index contributed by atoms with van der Waals surface area (Å²) >= 11 is 3.35. The summed E-state index contributed by atoms with van der Waals surface area (Å²) in [6, 6.07) is 5.98. The lowest BCUT2D eigenvalue weighted by atomic mass is 9.93. The van der Waals surface area contributed by atoms with Crippen molar-refractivity contribution in [2.24, 2.45) is 29.6 Å². The molecule has 0 spiro atoms. The van der Waals surface area contributed by atoms with Gasteiger partial charge in [0.15, 0.2) is 0 Å². The molecule has 3 heteroatoms. The van der Waals surface area contributed by atoms with Crippen LogP contribution < -0.4 is 5.32 Å². The predicted molar refractivity (Wildman–Crippen MR) is 86.4 cm³/mol. The third-order valence-corrected chi connectivity index (χ3v) is 6.70. The molecule has 5 atom stereocenters. The average Bonchev–Trinajstić information content (AvgIpc) is 2.90. The predicted octanol–water partition coefficient (Wildman–Crippen LogP) is 4.92. The number of halogens is 2. The van der Waals surface area contributed by atoms with E-state index < -0.39 is 0 Å². The van der Waals surface area contributed by atoms with Crippen molar-refractivity contribution in [2.45, 2.75) is 38.6 Å². The summed E-state index contributed by atoms with van der Waals surface area (Å²) in [4.78, 5) is 0. The maximum atomic E-state index is 13.5. The molecule has 3 saturated carbocycles. The quantitative estimate of drug-likeness (QED) is 0.793. The Hall–Kier alpha value is -0.410. The molecule has 1 aromatic rings. The summed E-state index contributed by atoms with van der Waals surface area (Å²) in [6.07, 6.45) is 5.54. The molecule has 3 aliphatic rings. The highest BCUT2D eigenvalue weighted by Gasteiger charge is 2.66. The zero-order valence-corrected chi connectivity index (χ0v) is 14.1. The van der Waals surface area contributed by atoms with Crippen LogP contribution in [0.2, 0.25) is 0 Å². The van der Waals surface area contributed by atoms with E-state index in [1.54, 1.807) is 6.07 Å². The van der Waals surface area contributed by atoms with Crippen LogP contribution in [0.4, 0.5) is 4.39 Å². The van der Waals surface area contributed by atoms with Crippen LogP contribution in [-0.4, -0.2) is 6.54 Å². The van der Waals surface area contributed by atoms with Gasteiger partial charge in [-0.15, -0.1) is 0 Å². The smallest absolute Gasteiger partial charge is 0.137 e. The number of nitrogens with one attached hydrogen (secondary N) is 1. The highest BCUT2D eigenvalue weighted by molar-refractivity contribution is 9.10. The van der Waals surface area contributed by atoms with Gasteiger partial charge in [-0.05, 0) is 95.4 Å². The van der Waals surface area contributed by atoms with Gasteiger partial charge < -0.3 is 5.32 Å². The lowest BCUT2D eigenvalue weighted by Gasteiger charge is -2.23. The Bertz CT molecular complexity index is 530. The van der Waals surface area contributed by atoms with Gasteiger partial charge in [0.05, 0.1) is 4.47 Å². The number of hydrogen-bond donors (Lipinski definition) is 1. The highest BCUT2D eigenvalue weighted by atomic mass is 79.9. The Morgan fingerprint density at radius 1 is 1.29 bits per heavy atom. The Labute approximate surface area is 134 Å². The van der Waals surface area contributed by atoms with Crippen LogP contribution in [0.15, 0.2) is 22.7 Å². The van der Waals surface area contributed by atoms with Crippen LogP contribution in [0.5, 0.6) is 0 Å². The van der Waals surface area contributed by atoms with Gasteiger partial charge >= 0.3 is 0 Å². The first kappa shape index (κ1) is 14.2. The third-order valence-electron chi connectivity index (χ3n) is 6.10. The van der Waals surface area contributed by atoms with Crippen molar-refractivity contribution in [1.29, 1.82) is 0 Å². The molecule has 1 nitrogen and oxygen atoms in total. The third kappa shape index (κ3) is 2.28. The monoisotopic (exact) mass is 351 g/mol.